The highest BCUT2D eigenvalue weighted by atomic mass is 127. The van der Waals surface area contributed by atoms with Crippen molar-refractivity contribution in [2.24, 2.45) is 4.99 Å². The molecule has 1 aromatic carbocycles. The van der Waals surface area contributed by atoms with Gasteiger partial charge in [-0.05, 0) is 37.2 Å². The Morgan fingerprint density at radius 1 is 1.33 bits per heavy atom. The van der Waals surface area contributed by atoms with E-state index in [9.17, 15) is 8.42 Å². The van der Waals surface area contributed by atoms with Gasteiger partial charge in [0, 0.05) is 46.4 Å². The molecule has 172 valence electrons. The van der Waals surface area contributed by atoms with Crippen molar-refractivity contribution < 1.29 is 13.2 Å². The maximum absolute atomic E-state index is 12.4. The van der Waals surface area contributed by atoms with Crippen LogP contribution < -0.4 is 10.0 Å². The molecule has 1 atom stereocenters. The summed E-state index contributed by atoms with van der Waals surface area (Å²) in [6.45, 7) is 9.53. The maximum Gasteiger partial charge on any atom is 0.240 e. The number of nitrogens with one attached hydrogen (secondary N) is 2. The van der Waals surface area contributed by atoms with Crippen molar-refractivity contribution in [3.63, 3.8) is 0 Å². The first-order chi connectivity index (χ1) is 13.9. The van der Waals surface area contributed by atoms with Gasteiger partial charge in [0.1, 0.15) is 0 Å². The first-order valence-corrected chi connectivity index (χ1v) is 11.7. The number of aliphatic imine (C=N–C) groups is 1. The predicted octanol–water partition coefficient (Wildman–Crippen LogP) is 1.72. The van der Waals surface area contributed by atoms with Crippen molar-refractivity contribution >= 4 is 40.0 Å². The molecule has 1 aromatic rings. The fraction of sp³-hybridized carbons (Fsp3) is 0.650. The lowest BCUT2D eigenvalue weighted by Crippen LogP contribution is -2.43. The van der Waals surface area contributed by atoms with Gasteiger partial charge in [0.2, 0.25) is 10.0 Å². The second-order valence-corrected chi connectivity index (χ2v) is 8.82. The number of guanidine groups is 1. The SMILES string of the molecule is CCN(CC)C1CCN(C(=NC)NCc2cccc(S(=O)(=O)NCCOC)c2)C1.I. The molecule has 0 aliphatic carbocycles. The normalized spacial score (nSPS) is 17.3. The van der Waals surface area contributed by atoms with E-state index in [1.54, 1.807) is 25.2 Å². The summed E-state index contributed by atoms with van der Waals surface area (Å²) in [4.78, 5) is 9.43. The Bertz CT molecular complexity index is 771. The molecule has 30 heavy (non-hydrogen) atoms. The van der Waals surface area contributed by atoms with E-state index >= 15 is 0 Å². The number of rotatable bonds is 10. The monoisotopic (exact) mass is 553 g/mol. The van der Waals surface area contributed by atoms with Gasteiger partial charge in [-0.2, -0.15) is 0 Å². The van der Waals surface area contributed by atoms with Crippen LogP contribution in [-0.2, 0) is 21.3 Å². The lowest BCUT2D eigenvalue weighted by molar-refractivity contribution is 0.204. The van der Waals surface area contributed by atoms with Crippen molar-refractivity contribution in [3.8, 4) is 0 Å². The summed E-state index contributed by atoms with van der Waals surface area (Å²) >= 11 is 0. The van der Waals surface area contributed by atoms with E-state index in [1.165, 1.54) is 7.11 Å². The van der Waals surface area contributed by atoms with Crippen LogP contribution in [0.3, 0.4) is 0 Å². The molecule has 1 unspecified atom stereocenters. The van der Waals surface area contributed by atoms with Crippen LogP contribution in [-0.4, -0.2) is 83.7 Å². The van der Waals surface area contributed by atoms with Gasteiger partial charge in [-0.25, -0.2) is 13.1 Å². The lowest BCUT2D eigenvalue weighted by atomic mass is 10.2. The van der Waals surface area contributed by atoms with Gasteiger partial charge in [0.15, 0.2) is 5.96 Å². The van der Waals surface area contributed by atoms with Crippen LogP contribution in [0.1, 0.15) is 25.8 Å². The molecule has 0 radical (unpaired) electrons. The summed E-state index contributed by atoms with van der Waals surface area (Å²) < 4.78 is 32.2. The van der Waals surface area contributed by atoms with E-state index in [2.05, 4.69) is 38.7 Å². The quantitative estimate of drug-likeness (QED) is 0.199. The second-order valence-electron chi connectivity index (χ2n) is 7.05. The van der Waals surface area contributed by atoms with E-state index in [0.29, 0.717) is 19.2 Å². The molecule has 0 aromatic heterocycles. The highest BCUT2D eigenvalue weighted by Gasteiger charge is 2.28. The van der Waals surface area contributed by atoms with Gasteiger partial charge in [-0.15, -0.1) is 24.0 Å². The van der Waals surface area contributed by atoms with E-state index in [1.807, 2.05) is 6.07 Å². The summed E-state index contributed by atoms with van der Waals surface area (Å²) in [6.07, 6.45) is 1.13. The standard InChI is InChI=1S/C20H35N5O3S.HI/c1-5-24(6-2)18-10-12-25(16-18)20(21-3)22-15-17-8-7-9-19(14-17)29(26,27)23-11-13-28-4;/h7-9,14,18,23H,5-6,10-13,15-16H2,1-4H3,(H,21,22);1H. The molecule has 10 heteroatoms. The number of benzene rings is 1. The fourth-order valence-corrected chi connectivity index (χ4v) is 4.75. The zero-order chi connectivity index (χ0) is 21.3. The lowest BCUT2D eigenvalue weighted by Gasteiger charge is -2.27. The van der Waals surface area contributed by atoms with E-state index in [-0.39, 0.29) is 35.4 Å². The number of likely N-dealkylation sites (N-methyl/N-ethyl adjacent to an activating group) is 1. The first kappa shape index (κ1) is 27.1. The molecule has 0 bridgehead atoms. The number of likely N-dealkylation sites (tertiary alicyclic amines) is 1. The van der Waals surface area contributed by atoms with Gasteiger partial charge < -0.3 is 15.0 Å². The third-order valence-corrected chi connectivity index (χ3v) is 6.72. The Balaban J connectivity index is 0.00000450. The summed E-state index contributed by atoms with van der Waals surface area (Å²) in [5.74, 6) is 0.853. The molecule has 1 aliphatic heterocycles. The molecule has 0 spiro atoms. The van der Waals surface area contributed by atoms with Crippen molar-refractivity contribution in [1.29, 1.82) is 0 Å². The molecular weight excluding hydrogens is 517 g/mol. The third kappa shape index (κ3) is 7.63. The molecule has 1 fully saturated rings. The molecule has 0 amide bonds. The Morgan fingerprint density at radius 3 is 2.70 bits per heavy atom. The Labute approximate surface area is 198 Å². The molecule has 0 saturated carbocycles. The molecule has 2 rings (SSSR count). The molecular formula is C20H36IN5O3S. The van der Waals surface area contributed by atoms with Crippen molar-refractivity contribution in [2.45, 2.75) is 37.8 Å². The average molecular weight is 554 g/mol. The minimum absolute atomic E-state index is 0. The predicted molar refractivity (Wildman–Crippen MR) is 132 cm³/mol. The minimum atomic E-state index is -3.54. The van der Waals surface area contributed by atoms with Crippen molar-refractivity contribution in [1.82, 2.24) is 19.8 Å². The van der Waals surface area contributed by atoms with Crippen LogP contribution in [0.2, 0.25) is 0 Å². The molecule has 1 heterocycles. The third-order valence-electron chi connectivity index (χ3n) is 5.26. The summed E-state index contributed by atoms with van der Waals surface area (Å²) in [5, 5.41) is 3.38. The summed E-state index contributed by atoms with van der Waals surface area (Å²) in [5.41, 5.74) is 0.889. The number of hydrogen-bond acceptors (Lipinski definition) is 5. The largest absolute Gasteiger partial charge is 0.383 e. The molecule has 1 saturated heterocycles. The Kier molecular flexibility index (Phi) is 12.2. The van der Waals surface area contributed by atoms with Crippen LogP contribution in [0.25, 0.3) is 0 Å². The highest BCUT2D eigenvalue weighted by Crippen LogP contribution is 2.16. The number of methoxy groups -OCH3 is 1. The zero-order valence-corrected chi connectivity index (χ0v) is 21.6. The van der Waals surface area contributed by atoms with Crippen molar-refractivity contribution in [2.75, 3.05) is 53.5 Å². The number of ether oxygens (including phenoxy) is 1. The maximum atomic E-state index is 12.4. The number of sulfonamides is 1. The number of nitrogens with zero attached hydrogens (tertiary/aromatic N) is 3. The van der Waals surface area contributed by atoms with Gasteiger partial charge in [-0.3, -0.25) is 9.89 Å². The van der Waals surface area contributed by atoms with Gasteiger partial charge in [0.25, 0.3) is 0 Å². The minimum Gasteiger partial charge on any atom is -0.383 e. The van der Waals surface area contributed by atoms with Crippen LogP contribution in [0.15, 0.2) is 34.2 Å². The van der Waals surface area contributed by atoms with Crippen LogP contribution in [0.5, 0.6) is 0 Å². The van der Waals surface area contributed by atoms with Crippen LogP contribution in [0, 0.1) is 0 Å². The Hall–Kier alpha value is -0.950. The smallest absolute Gasteiger partial charge is 0.240 e. The second kappa shape index (κ2) is 13.5. The first-order valence-electron chi connectivity index (χ1n) is 10.2. The summed E-state index contributed by atoms with van der Waals surface area (Å²) in [6, 6.07) is 7.52. The molecule has 8 nitrogen and oxygen atoms in total. The topological polar surface area (TPSA) is 86.3 Å². The van der Waals surface area contributed by atoms with Gasteiger partial charge in [-0.1, -0.05) is 26.0 Å². The average Bonchev–Trinajstić information content (AvgIpc) is 3.19. The highest BCUT2D eigenvalue weighted by molar-refractivity contribution is 14.0. The zero-order valence-electron chi connectivity index (χ0n) is 18.4. The fourth-order valence-electron chi connectivity index (χ4n) is 3.67. The van der Waals surface area contributed by atoms with E-state index in [4.69, 9.17) is 4.74 Å². The van der Waals surface area contributed by atoms with Crippen LogP contribution >= 0.6 is 24.0 Å². The van der Waals surface area contributed by atoms with E-state index in [0.717, 1.165) is 44.1 Å². The van der Waals surface area contributed by atoms with Crippen molar-refractivity contribution in [3.05, 3.63) is 29.8 Å². The van der Waals surface area contributed by atoms with Gasteiger partial charge >= 0.3 is 0 Å². The summed E-state index contributed by atoms with van der Waals surface area (Å²) in [7, 11) is -0.216. The number of halogens is 1. The Morgan fingerprint density at radius 2 is 2.07 bits per heavy atom. The number of hydrogen-bond donors (Lipinski definition) is 2. The van der Waals surface area contributed by atoms with Gasteiger partial charge in [0.05, 0.1) is 11.5 Å². The van der Waals surface area contributed by atoms with E-state index < -0.39 is 10.0 Å². The van der Waals surface area contributed by atoms with Crippen LogP contribution in [0.4, 0.5) is 0 Å². The molecule has 1 aliphatic rings. The molecule has 2 N–H and O–H groups in total.